The second kappa shape index (κ2) is 6.63. The lowest BCUT2D eigenvalue weighted by molar-refractivity contribution is -0.119. The fraction of sp³-hybridized carbons (Fsp3) is 0.250. The van der Waals surface area contributed by atoms with Crippen molar-refractivity contribution in [1.29, 1.82) is 0 Å². The molecule has 0 aromatic heterocycles. The molecule has 28 heavy (non-hydrogen) atoms. The highest BCUT2D eigenvalue weighted by molar-refractivity contribution is 7.90. The molecule has 2 heterocycles. The van der Waals surface area contributed by atoms with Gasteiger partial charge in [-0.15, -0.1) is 0 Å². The zero-order chi connectivity index (χ0) is 20.1. The van der Waals surface area contributed by atoms with Gasteiger partial charge in [0.05, 0.1) is 10.9 Å². The summed E-state index contributed by atoms with van der Waals surface area (Å²) in [6.45, 7) is 0.573. The zero-order valence-electron chi connectivity index (χ0n) is 15.3. The Morgan fingerprint density at radius 3 is 2.43 bits per heavy atom. The lowest BCUT2D eigenvalue weighted by atomic mass is 10.0. The molecule has 2 atom stereocenters. The molecule has 3 amide bonds. The van der Waals surface area contributed by atoms with E-state index in [9.17, 15) is 18.0 Å². The maximum absolute atomic E-state index is 12.8. The Hall–Kier alpha value is -2.87. The van der Waals surface area contributed by atoms with E-state index in [4.69, 9.17) is 5.73 Å². The molecule has 1 radical (unpaired) electrons. The third-order valence-corrected chi connectivity index (χ3v) is 6.38. The van der Waals surface area contributed by atoms with E-state index in [-0.39, 0.29) is 17.0 Å². The van der Waals surface area contributed by atoms with Crippen LogP contribution in [0.2, 0.25) is 0 Å². The SMILES string of the molecule is CS(=O)(=O)c1ccccc1-c1ccc(N2C(=O)N3CC[CH][C@@H]3C2C(N)=O)cc1. The first-order valence-electron chi connectivity index (χ1n) is 8.91. The average Bonchev–Trinajstić information content (AvgIpc) is 3.23. The summed E-state index contributed by atoms with van der Waals surface area (Å²) in [5, 5.41) is 0. The van der Waals surface area contributed by atoms with Crippen molar-refractivity contribution < 1.29 is 18.0 Å². The summed E-state index contributed by atoms with van der Waals surface area (Å²) in [5.74, 6) is -0.550. The van der Waals surface area contributed by atoms with Gasteiger partial charge in [-0.1, -0.05) is 30.3 Å². The van der Waals surface area contributed by atoms with E-state index in [1.165, 1.54) is 11.2 Å². The number of carbonyl (C=O) groups excluding carboxylic acids is 2. The topological polar surface area (TPSA) is 101 Å². The first-order valence-corrected chi connectivity index (χ1v) is 10.8. The Bertz CT molecular complexity index is 1050. The number of nitrogens with zero attached hydrogens (tertiary/aromatic N) is 2. The third-order valence-electron chi connectivity index (χ3n) is 5.23. The Morgan fingerprint density at radius 1 is 1.11 bits per heavy atom. The number of hydrogen-bond acceptors (Lipinski definition) is 4. The molecule has 8 heteroatoms. The first kappa shape index (κ1) is 18.5. The largest absolute Gasteiger partial charge is 0.368 e. The van der Waals surface area contributed by atoms with E-state index < -0.39 is 21.8 Å². The second-order valence-corrected chi connectivity index (χ2v) is 9.01. The quantitative estimate of drug-likeness (QED) is 0.849. The summed E-state index contributed by atoms with van der Waals surface area (Å²) < 4.78 is 24.1. The van der Waals surface area contributed by atoms with Crippen LogP contribution in [-0.2, 0) is 14.6 Å². The number of sulfone groups is 1. The van der Waals surface area contributed by atoms with Gasteiger partial charge in [0.15, 0.2) is 9.84 Å². The fourth-order valence-corrected chi connectivity index (χ4v) is 4.90. The van der Waals surface area contributed by atoms with Crippen molar-refractivity contribution in [3.63, 3.8) is 0 Å². The van der Waals surface area contributed by atoms with Crippen LogP contribution in [0.1, 0.15) is 6.42 Å². The average molecular weight is 398 g/mol. The van der Waals surface area contributed by atoms with Gasteiger partial charge in [-0.05, 0) is 36.6 Å². The smallest absolute Gasteiger partial charge is 0.325 e. The summed E-state index contributed by atoms with van der Waals surface area (Å²) in [6, 6.07) is 12.4. The Kier molecular flexibility index (Phi) is 4.38. The summed E-state index contributed by atoms with van der Waals surface area (Å²) in [7, 11) is -3.38. The van der Waals surface area contributed by atoms with Gasteiger partial charge in [0.1, 0.15) is 6.04 Å². The lowest BCUT2D eigenvalue weighted by Gasteiger charge is -2.23. The van der Waals surface area contributed by atoms with Crippen LogP contribution < -0.4 is 10.6 Å². The molecule has 2 saturated heterocycles. The van der Waals surface area contributed by atoms with Crippen molar-refractivity contribution in [2.75, 3.05) is 17.7 Å². The molecule has 0 aliphatic carbocycles. The molecular formula is C20H20N3O4S. The molecule has 0 bridgehead atoms. The molecule has 7 nitrogen and oxygen atoms in total. The van der Waals surface area contributed by atoms with Crippen molar-refractivity contribution in [2.45, 2.75) is 23.4 Å². The molecule has 2 fully saturated rings. The maximum Gasteiger partial charge on any atom is 0.325 e. The number of amides is 3. The minimum atomic E-state index is -3.38. The van der Waals surface area contributed by atoms with Crippen molar-refractivity contribution >= 4 is 27.5 Å². The first-order chi connectivity index (χ1) is 13.3. The Balaban J connectivity index is 1.72. The number of carbonyl (C=O) groups is 2. The highest BCUT2D eigenvalue weighted by Gasteiger charge is 2.51. The molecule has 2 aliphatic heterocycles. The number of nitrogens with two attached hydrogens (primary N) is 1. The number of primary amides is 1. The fourth-order valence-electron chi connectivity index (χ4n) is 3.99. The van der Waals surface area contributed by atoms with Crippen LogP contribution in [0, 0.1) is 6.42 Å². The van der Waals surface area contributed by atoms with Gasteiger partial charge in [-0.3, -0.25) is 9.69 Å². The zero-order valence-corrected chi connectivity index (χ0v) is 16.1. The number of anilines is 1. The van der Waals surface area contributed by atoms with Gasteiger partial charge < -0.3 is 10.6 Å². The van der Waals surface area contributed by atoms with E-state index in [1.54, 1.807) is 53.4 Å². The molecule has 2 N–H and O–H groups in total. The number of fused-ring (bicyclic) bond motifs is 1. The van der Waals surface area contributed by atoms with Gasteiger partial charge >= 0.3 is 6.03 Å². The molecule has 2 aromatic carbocycles. The minimum Gasteiger partial charge on any atom is -0.368 e. The molecule has 145 valence electrons. The van der Waals surface area contributed by atoms with Gasteiger partial charge in [0.2, 0.25) is 5.91 Å². The molecule has 0 spiro atoms. The predicted molar refractivity (Wildman–Crippen MR) is 105 cm³/mol. The molecular weight excluding hydrogens is 378 g/mol. The van der Waals surface area contributed by atoms with Crippen LogP contribution in [0.15, 0.2) is 53.4 Å². The summed E-state index contributed by atoms with van der Waals surface area (Å²) in [6.07, 6.45) is 3.86. The van der Waals surface area contributed by atoms with E-state index in [0.717, 1.165) is 6.42 Å². The summed E-state index contributed by atoms with van der Waals surface area (Å²) in [4.78, 5) is 28.1. The highest BCUT2D eigenvalue weighted by Crippen LogP contribution is 2.36. The number of rotatable bonds is 4. The maximum atomic E-state index is 12.8. The van der Waals surface area contributed by atoms with Crippen LogP contribution in [0.25, 0.3) is 11.1 Å². The van der Waals surface area contributed by atoms with Crippen LogP contribution in [-0.4, -0.2) is 50.1 Å². The monoisotopic (exact) mass is 398 g/mol. The molecule has 0 saturated carbocycles. The van der Waals surface area contributed by atoms with E-state index in [0.29, 0.717) is 23.4 Å². The van der Waals surface area contributed by atoms with E-state index in [1.807, 2.05) is 6.42 Å². The van der Waals surface area contributed by atoms with Gasteiger partial charge in [-0.25, -0.2) is 13.2 Å². The third kappa shape index (κ3) is 2.93. The predicted octanol–water partition coefficient (Wildman–Crippen LogP) is 1.83. The van der Waals surface area contributed by atoms with Gasteiger partial charge in [0.25, 0.3) is 0 Å². The van der Waals surface area contributed by atoms with Crippen molar-refractivity contribution in [3.05, 3.63) is 55.0 Å². The van der Waals surface area contributed by atoms with Crippen molar-refractivity contribution in [3.8, 4) is 11.1 Å². The molecule has 1 unspecified atom stereocenters. The second-order valence-electron chi connectivity index (χ2n) is 7.02. The summed E-state index contributed by atoms with van der Waals surface area (Å²) >= 11 is 0. The van der Waals surface area contributed by atoms with E-state index >= 15 is 0 Å². The normalized spacial score (nSPS) is 21.8. The molecule has 2 aromatic rings. The number of urea groups is 1. The Labute approximate surface area is 163 Å². The van der Waals surface area contributed by atoms with Crippen molar-refractivity contribution in [2.24, 2.45) is 5.73 Å². The van der Waals surface area contributed by atoms with E-state index in [2.05, 4.69) is 0 Å². The molecule has 4 rings (SSSR count). The number of hydrogen-bond donors (Lipinski definition) is 1. The van der Waals surface area contributed by atoms with Crippen LogP contribution in [0.3, 0.4) is 0 Å². The number of benzene rings is 2. The van der Waals surface area contributed by atoms with Crippen molar-refractivity contribution in [1.82, 2.24) is 4.90 Å². The highest BCUT2D eigenvalue weighted by atomic mass is 32.2. The minimum absolute atomic E-state index is 0.241. The van der Waals surface area contributed by atoms with Crippen LogP contribution in [0.4, 0.5) is 10.5 Å². The van der Waals surface area contributed by atoms with Crippen LogP contribution >= 0.6 is 0 Å². The summed E-state index contributed by atoms with van der Waals surface area (Å²) in [5.41, 5.74) is 7.43. The van der Waals surface area contributed by atoms with Crippen LogP contribution in [0.5, 0.6) is 0 Å². The standard InChI is InChI=1S/C20H20N3O4S/c1-28(26,27)17-7-3-2-5-15(17)13-8-10-14(11-9-13)23-18(19(21)24)16-6-4-12-22(16)20(23)25/h2-3,5-11,16,18H,4,12H2,1H3,(H2,21,24)/t16-,18?/m1/s1. The lowest BCUT2D eigenvalue weighted by Crippen LogP contribution is -2.46. The molecule has 2 aliphatic rings. The van der Waals surface area contributed by atoms with Gasteiger partial charge in [0, 0.05) is 24.1 Å². The Morgan fingerprint density at radius 2 is 1.79 bits per heavy atom. The van der Waals surface area contributed by atoms with Gasteiger partial charge in [-0.2, -0.15) is 0 Å².